The van der Waals surface area contributed by atoms with Gasteiger partial charge < -0.3 is 5.73 Å². The zero-order chi connectivity index (χ0) is 14.7. The zero-order valence-electron chi connectivity index (χ0n) is 14.2. The van der Waals surface area contributed by atoms with E-state index in [9.17, 15) is 0 Å². The third kappa shape index (κ3) is 3.32. The first-order valence-electron chi connectivity index (χ1n) is 9.72. The molecule has 3 rings (SSSR count). The lowest BCUT2D eigenvalue weighted by molar-refractivity contribution is -0.0194. The van der Waals surface area contributed by atoms with Gasteiger partial charge in [-0.25, -0.2) is 0 Å². The van der Waals surface area contributed by atoms with Gasteiger partial charge in [0.05, 0.1) is 0 Å². The van der Waals surface area contributed by atoms with E-state index in [1.807, 2.05) is 0 Å². The van der Waals surface area contributed by atoms with Crippen LogP contribution >= 0.6 is 0 Å². The van der Waals surface area contributed by atoms with Gasteiger partial charge in [-0.1, -0.05) is 39.0 Å². The van der Waals surface area contributed by atoms with E-state index < -0.39 is 0 Å². The summed E-state index contributed by atoms with van der Waals surface area (Å²) in [4.78, 5) is 2.85. The summed E-state index contributed by atoms with van der Waals surface area (Å²) in [7, 11) is 0. The van der Waals surface area contributed by atoms with Crippen molar-refractivity contribution in [1.82, 2.24) is 4.90 Å². The van der Waals surface area contributed by atoms with Gasteiger partial charge in [-0.2, -0.15) is 0 Å². The van der Waals surface area contributed by atoms with Crippen LogP contribution in [0.5, 0.6) is 0 Å². The highest BCUT2D eigenvalue weighted by molar-refractivity contribution is 4.99. The normalized spacial score (nSPS) is 41.7. The Kier molecular flexibility index (Phi) is 5.27. The summed E-state index contributed by atoms with van der Waals surface area (Å²) in [5.74, 6) is 3.02. The topological polar surface area (TPSA) is 29.3 Å². The van der Waals surface area contributed by atoms with Gasteiger partial charge in [0.15, 0.2) is 0 Å². The molecule has 2 heteroatoms. The van der Waals surface area contributed by atoms with Crippen LogP contribution < -0.4 is 5.73 Å². The van der Waals surface area contributed by atoms with Crippen LogP contribution in [0.3, 0.4) is 0 Å². The fourth-order valence-corrected chi connectivity index (χ4v) is 5.59. The molecule has 0 aromatic heterocycles. The minimum Gasteiger partial charge on any atom is -0.329 e. The molecule has 3 aliphatic rings. The van der Waals surface area contributed by atoms with Crippen molar-refractivity contribution >= 4 is 0 Å². The lowest BCUT2D eigenvalue weighted by Crippen LogP contribution is -2.59. The molecule has 2 aliphatic carbocycles. The third-order valence-corrected chi connectivity index (χ3v) is 7.07. The molecule has 2 N–H and O–H groups in total. The second kappa shape index (κ2) is 7.00. The highest BCUT2D eigenvalue weighted by atomic mass is 15.2. The first-order chi connectivity index (χ1) is 10.3. The maximum atomic E-state index is 6.31. The Hall–Kier alpha value is -0.0800. The minimum absolute atomic E-state index is 0.368. The van der Waals surface area contributed by atoms with Crippen LogP contribution in [0, 0.1) is 17.8 Å². The molecule has 21 heavy (non-hydrogen) atoms. The molecule has 1 aliphatic heterocycles. The van der Waals surface area contributed by atoms with E-state index in [4.69, 9.17) is 5.73 Å². The molecule has 3 fully saturated rings. The Bertz CT molecular complexity index is 320. The van der Waals surface area contributed by atoms with Crippen molar-refractivity contribution in [3.8, 4) is 0 Å². The quantitative estimate of drug-likeness (QED) is 0.842. The van der Waals surface area contributed by atoms with Gasteiger partial charge in [0.2, 0.25) is 0 Å². The first kappa shape index (κ1) is 15.8. The van der Waals surface area contributed by atoms with Crippen LogP contribution in [-0.2, 0) is 0 Å². The Balaban J connectivity index is 1.61. The summed E-state index contributed by atoms with van der Waals surface area (Å²) in [6, 6.07) is 0. The van der Waals surface area contributed by atoms with Crippen molar-refractivity contribution < 1.29 is 0 Å². The molecule has 0 amide bonds. The van der Waals surface area contributed by atoms with Crippen molar-refractivity contribution in [2.75, 3.05) is 19.6 Å². The van der Waals surface area contributed by atoms with Crippen molar-refractivity contribution in [3.05, 3.63) is 0 Å². The van der Waals surface area contributed by atoms with Gasteiger partial charge in [-0.15, -0.1) is 0 Å². The number of likely N-dealkylation sites (tertiary alicyclic amines) is 1. The number of hydrogen-bond donors (Lipinski definition) is 1. The van der Waals surface area contributed by atoms with Crippen LogP contribution in [-0.4, -0.2) is 30.1 Å². The maximum Gasteiger partial charge on any atom is 0.0332 e. The Morgan fingerprint density at radius 3 is 2.38 bits per heavy atom. The van der Waals surface area contributed by atoms with Gasteiger partial charge in [-0.05, 0) is 62.8 Å². The average Bonchev–Trinajstić information content (AvgIpc) is 2.56. The Morgan fingerprint density at radius 2 is 1.71 bits per heavy atom. The van der Waals surface area contributed by atoms with Crippen LogP contribution in [0.2, 0.25) is 0 Å². The number of rotatable bonds is 4. The van der Waals surface area contributed by atoms with Gasteiger partial charge in [0.1, 0.15) is 0 Å². The standard InChI is InChI=1S/C19H36N2/c1-2-5-16-8-11-19(15-20,12-9-16)21-13-10-17-6-3-4-7-18(17)14-21/h16-18H,2-15,20H2,1H3. The summed E-state index contributed by atoms with van der Waals surface area (Å²) >= 11 is 0. The van der Waals surface area contributed by atoms with E-state index >= 15 is 0 Å². The Morgan fingerprint density at radius 1 is 1.00 bits per heavy atom. The third-order valence-electron chi connectivity index (χ3n) is 7.07. The molecule has 2 nitrogen and oxygen atoms in total. The molecule has 2 saturated carbocycles. The van der Waals surface area contributed by atoms with E-state index in [1.165, 1.54) is 83.7 Å². The summed E-state index contributed by atoms with van der Waals surface area (Å²) in [5.41, 5.74) is 6.68. The smallest absolute Gasteiger partial charge is 0.0332 e. The number of fused-ring (bicyclic) bond motifs is 1. The number of piperidine rings is 1. The van der Waals surface area contributed by atoms with Crippen LogP contribution in [0.15, 0.2) is 0 Å². The second-order valence-corrected chi connectivity index (χ2v) is 8.20. The number of nitrogens with zero attached hydrogens (tertiary/aromatic N) is 1. The second-order valence-electron chi connectivity index (χ2n) is 8.20. The molecule has 2 unspecified atom stereocenters. The van der Waals surface area contributed by atoms with Crippen molar-refractivity contribution in [2.24, 2.45) is 23.5 Å². The van der Waals surface area contributed by atoms with Crippen LogP contribution in [0.4, 0.5) is 0 Å². The molecule has 0 bridgehead atoms. The van der Waals surface area contributed by atoms with Gasteiger partial charge in [0.25, 0.3) is 0 Å². The lowest BCUT2D eigenvalue weighted by atomic mass is 9.70. The van der Waals surface area contributed by atoms with Crippen LogP contribution in [0.25, 0.3) is 0 Å². The predicted molar refractivity (Wildman–Crippen MR) is 90.3 cm³/mol. The van der Waals surface area contributed by atoms with E-state index in [-0.39, 0.29) is 0 Å². The van der Waals surface area contributed by atoms with Crippen molar-refractivity contribution in [1.29, 1.82) is 0 Å². The predicted octanol–water partition coefficient (Wildman–Crippen LogP) is 4.19. The summed E-state index contributed by atoms with van der Waals surface area (Å²) in [5, 5.41) is 0. The van der Waals surface area contributed by atoms with Crippen molar-refractivity contribution in [2.45, 2.75) is 83.1 Å². The summed E-state index contributed by atoms with van der Waals surface area (Å²) in [6.45, 7) is 5.92. The average molecular weight is 293 g/mol. The monoisotopic (exact) mass is 292 g/mol. The zero-order valence-corrected chi connectivity index (χ0v) is 14.2. The SMILES string of the molecule is CCCC1CCC(CN)(N2CCC3CCCCC3C2)CC1. The van der Waals surface area contributed by atoms with Crippen molar-refractivity contribution in [3.63, 3.8) is 0 Å². The molecular weight excluding hydrogens is 256 g/mol. The maximum absolute atomic E-state index is 6.31. The Labute approximate surface area is 131 Å². The number of nitrogens with two attached hydrogens (primary N) is 1. The van der Waals surface area contributed by atoms with E-state index in [0.29, 0.717) is 5.54 Å². The molecule has 0 aromatic rings. The van der Waals surface area contributed by atoms with Gasteiger partial charge in [-0.3, -0.25) is 4.90 Å². The molecular formula is C19H36N2. The fraction of sp³-hybridized carbons (Fsp3) is 1.00. The van der Waals surface area contributed by atoms with Crippen LogP contribution in [0.1, 0.15) is 77.6 Å². The molecule has 2 atom stereocenters. The molecule has 0 radical (unpaired) electrons. The van der Waals surface area contributed by atoms with E-state index in [2.05, 4.69) is 11.8 Å². The molecule has 122 valence electrons. The lowest BCUT2D eigenvalue weighted by Gasteiger charge is -2.53. The van der Waals surface area contributed by atoms with E-state index in [0.717, 1.165) is 24.3 Å². The molecule has 0 aromatic carbocycles. The van der Waals surface area contributed by atoms with E-state index in [1.54, 1.807) is 0 Å². The fourth-order valence-electron chi connectivity index (χ4n) is 5.59. The highest BCUT2D eigenvalue weighted by Crippen LogP contribution is 2.43. The molecule has 0 spiro atoms. The molecule has 1 saturated heterocycles. The largest absolute Gasteiger partial charge is 0.329 e. The summed E-state index contributed by atoms with van der Waals surface area (Å²) < 4.78 is 0. The first-order valence-corrected chi connectivity index (χ1v) is 9.72. The highest BCUT2D eigenvalue weighted by Gasteiger charge is 2.43. The van der Waals surface area contributed by atoms with Gasteiger partial charge >= 0.3 is 0 Å². The summed E-state index contributed by atoms with van der Waals surface area (Å²) in [6.07, 6.45) is 15.8. The van der Waals surface area contributed by atoms with Gasteiger partial charge in [0, 0.05) is 18.6 Å². The number of hydrogen-bond acceptors (Lipinski definition) is 2. The minimum atomic E-state index is 0.368. The molecule has 1 heterocycles.